The zero-order chi connectivity index (χ0) is 34.4. The second-order valence-electron chi connectivity index (χ2n) is 13.2. The number of benzene rings is 3. The average Bonchev–Trinajstić information content (AvgIpc) is 3.51. The van der Waals surface area contributed by atoms with Gasteiger partial charge in [-0.3, -0.25) is 9.11 Å². The van der Waals surface area contributed by atoms with Crippen LogP contribution in [0.4, 0.5) is 5.69 Å². The van der Waals surface area contributed by atoms with Crippen LogP contribution in [-0.2, 0) is 26.8 Å². The number of thiazole rings is 1. The minimum atomic E-state index is -4.09. The number of fused-ring (bicyclic) bond motifs is 4. The first kappa shape index (κ1) is 35.1. The van der Waals surface area contributed by atoms with Gasteiger partial charge in [0.1, 0.15) is 4.70 Å². The Labute approximate surface area is 295 Å². The third-order valence-electron chi connectivity index (χ3n) is 8.77. The van der Waals surface area contributed by atoms with E-state index in [1.54, 1.807) is 23.1 Å². The number of aryl methyl sites for hydroxylation is 1. The van der Waals surface area contributed by atoms with Crippen LogP contribution in [0.25, 0.3) is 27.1 Å². The third kappa shape index (κ3) is 8.01. The molecule has 0 spiro atoms. The van der Waals surface area contributed by atoms with Crippen molar-refractivity contribution in [2.45, 2.75) is 57.9 Å². The Kier molecular flexibility index (Phi) is 9.91. The maximum atomic E-state index is 11.6. The number of thioether (sulfide) groups is 1. The second-order valence-corrected chi connectivity index (χ2v) is 18.9. The Hall–Kier alpha value is -2.71. The molecular formula is C35H38ClN2O6S4+. The zero-order valence-corrected chi connectivity index (χ0v) is 31.0. The van der Waals surface area contributed by atoms with Crippen molar-refractivity contribution in [1.29, 1.82) is 0 Å². The molecule has 1 aliphatic carbocycles. The molecule has 1 aromatic heterocycles. The molecule has 8 nitrogen and oxygen atoms in total. The van der Waals surface area contributed by atoms with Crippen molar-refractivity contribution in [1.82, 2.24) is 0 Å². The molecule has 0 unspecified atom stereocenters. The Balaban J connectivity index is 1.43. The summed E-state index contributed by atoms with van der Waals surface area (Å²) in [5.41, 5.74) is 5.47. The lowest BCUT2D eigenvalue weighted by atomic mass is 9.72. The van der Waals surface area contributed by atoms with Crippen molar-refractivity contribution in [2.75, 3.05) is 23.0 Å². The molecule has 254 valence electrons. The molecular weight excluding hydrogens is 708 g/mol. The van der Waals surface area contributed by atoms with Crippen LogP contribution in [0.3, 0.4) is 0 Å². The maximum Gasteiger partial charge on any atom is 0.265 e. The fourth-order valence-corrected chi connectivity index (χ4v) is 10.1. The number of nitrogens with zero attached hydrogens (tertiary/aromatic N) is 2. The summed E-state index contributed by atoms with van der Waals surface area (Å²) in [4.78, 5) is 3.12. The molecule has 0 amide bonds. The van der Waals surface area contributed by atoms with E-state index in [1.165, 1.54) is 16.7 Å². The topological polar surface area (TPSA) is 116 Å². The highest BCUT2D eigenvalue weighted by atomic mass is 35.5. The fourth-order valence-electron chi connectivity index (χ4n) is 6.61. The maximum absolute atomic E-state index is 11.6. The van der Waals surface area contributed by atoms with Crippen molar-refractivity contribution in [3.8, 4) is 0 Å². The summed E-state index contributed by atoms with van der Waals surface area (Å²) in [5, 5.41) is 4.78. The van der Waals surface area contributed by atoms with Crippen molar-refractivity contribution >= 4 is 87.7 Å². The summed E-state index contributed by atoms with van der Waals surface area (Å²) in [7, 11) is -8.18. The van der Waals surface area contributed by atoms with Crippen LogP contribution in [0.1, 0.15) is 51.5 Å². The van der Waals surface area contributed by atoms with E-state index < -0.39 is 20.2 Å². The lowest BCUT2D eigenvalue weighted by Gasteiger charge is -2.33. The highest BCUT2D eigenvalue weighted by Crippen LogP contribution is 2.50. The van der Waals surface area contributed by atoms with Gasteiger partial charge >= 0.3 is 0 Å². The molecule has 0 radical (unpaired) electrons. The molecule has 3 aromatic carbocycles. The van der Waals surface area contributed by atoms with Gasteiger partial charge in [0.25, 0.3) is 25.2 Å². The van der Waals surface area contributed by atoms with E-state index >= 15 is 0 Å². The number of hydrogen-bond donors (Lipinski definition) is 2. The van der Waals surface area contributed by atoms with Gasteiger partial charge in [0.15, 0.2) is 6.54 Å². The third-order valence-corrected chi connectivity index (χ3v) is 12.8. The largest absolute Gasteiger partial charge is 0.335 e. The Morgan fingerprint density at radius 2 is 1.69 bits per heavy atom. The zero-order valence-electron chi connectivity index (χ0n) is 26.9. The molecule has 0 saturated carbocycles. The molecule has 1 aliphatic heterocycles. The van der Waals surface area contributed by atoms with Crippen LogP contribution in [0.2, 0.25) is 5.02 Å². The number of allylic oxidation sites excluding steroid dienone is 4. The first-order valence-corrected chi connectivity index (χ1v) is 20.9. The minimum Gasteiger partial charge on any atom is -0.335 e. The van der Waals surface area contributed by atoms with Gasteiger partial charge in [-0.05, 0) is 90.1 Å². The monoisotopic (exact) mass is 745 g/mol. The predicted octanol–water partition coefficient (Wildman–Crippen LogP) is 8.52. The summed E-state index contributed by atoms with van der Waals surface area (Å²) < 4.78 is 68.4. The molecule has 0 atom stereocenters. The van der Waals surface area contributed by atoms with Crippen LogP contribution in [0.5, 0.6) is 0 Å². The van der Waals surface area contributed by atoms with Crippen LogP contribution < -0.4 is 9.47 Å². The van der Waals surface area contributed by atoms with E-state index in [1.807, 2.05) is 30.3 Å². The molecule has 4 aromatic rings. The SMILES string of the molecule is CC1=C(C=C2Sc3ccc(Cl)cc3N2CCCS(=O)(=O)O)CC(C)(C)CC1=Cc1sc2ccc3ccccc3c2[n+]1CCCS(=O)(=O)O. The highest BCUT2D eigenvalue weighted by Gasteiger charge is 2.32. The van der Waals surface area contributed by atoms with Crippen molar-refractivity contribution in [3.63, 3.8) is 0 Å². The molecule has 2 N–H and O–H groups in total. The Bertz CT molecular complexity index is 2240. The van der Waals surface area contributed by atoms with Crippen molar-refractivity contribution in [3.05, 3.63) is 92.5 Å². The Morgan fingerprint density at radius 3 is 2.44 bits per heavy atom. The number of aromatic nitrogens is 1. The fraction of sp³-hybridized carbons (Fsp3) is 0.343. The van der Waals surface area contributed by atoms with Gasteiger partial charge in [-0.25, -0.2) is 0 Å². The van der Waals surface area contributed by atoms with Gasteiger partial charge in [0.2, 0.25) is 5.52 Å². The average molecular weight is 746 g/mol. The van der Waals surface area contributed by atoms with Crippen LogP contribution in [-0.4, -0.2) is 44.0 Å². The van der Waals surface area contributed by atoms with Crippen LogP contribution >= 0.6 is 34.7 Å². The first-order valence-electron chi connectivity index (χ1n) is 15.7. The minimum absolute atomic E-state index is 0.0495. The summed E-state index contributed by atoms with van der Waals surface area (Å²) in [6.45, 7) is 7.50. The standard InChI is InChI=1S/C35H37ClN2O6S4/c1-23-25(18-32-37(14-6-16-47(39,40)41)29-20-27(36)11-13-30(29)45-32)21-35(2,3)22-26(23)19-33-38(15-7-17-48(42,43)44)34-28-9-5-4-8-24(28)10-12-31(34)46-33/h4-5,8-13,18-20H,6-7,14-17,21-22H2,1-3H3,(H-,39,40,41,42,43,44)/p+1. The number of halogens is 1. The lowest BCUT2D eigenvalue weighted by molar-refractivity contribution is -0.667. The molecule has 0 saturated heterocycles. The van der Waals surface area contributed by atoms with Gasteiger partial charge in [-0.2, -0.15) is 21.4 Å². The summed E-state index contributed by atoms with van der Waals surface area (Å²) in [5.74, 6) is -0.637. The second kappa shape index (κ2) is 13.5. The van der Waals surface area contributed by atoms with Crippen molar-refractivity contribution in [2.24, 2.45) is 5.41 Å². The van der Waals surface area contributed by atoms with Gasteiger partial charge in [-0.1, -0.05) is 72.8 Å². The summed E-state index contributed by atoms with van der Waals surface area (Å²) >= 11 is 9.66. The molecule has 13 heteroatoms. The van der Waals surface area contributed by atoms with Crippen molar-refractivity contribution < 1.29 is 30.5 Å². The van der Waals surface area contributed by atoms with E-state index in [2.05, 4.69) is 66.7 Å². The summed E-state index contributed by atoms with van der Waals surface area (Å²) in [6, 6.07) is 18.1. The van der Waals surface area contributed by atoms with Gasteiger partial charge in [0.05, 0.1) is 27.6 Å². The van der Waals surface area contributed by atoms with Gasteiger partial charge in [-0.15, -0.1) is 0 Å². The lowest BCUT2D eigenvalue weighted by Crippen LogP contribution is -2.36. The summed E-state index contributed by atoms with van der Waals surface area (Å²) in [6.07, 6.45) is 6.68. The smallest absolute Gasteiger partial charge is 0.265 e. The first-order chi connectivity index (χ1) is 22.6. The molecule has 2 aliphatic rings. The predicted molar refractivity (Wildman–Crippen MR) is 198 cm³/mol. The quantitative estimate of drug-likeness (QED) is 0.123. The number of anilines is 1. The van der Waals surface area contributed by atoms with Gasteiger partial charge < -0.3 is 4.90 Å². The molecule has 2 heterocycles. The molecule has 0 fully saturated rings. The molecule has 6 rings (SSSR count). The van der Waals surface area contributed by atoms with E-state index in [0.29, 0.717) is 18.1 Å². The molecule has 0 bridgehead atoms. The van der Waals surface area contributed by atoms with Crippen LogP contribution in [0, 0.1) is 5.41 Å². The highest BCUT2D eigenvalue weighted by molar-refractivity contribution is 8.03. The van der Waals surface area contributed by atoms with E-state index in [4.69, 9.17) is 11.6 Å². The van der Waals surface area contributed by atoms with Gasteiger partial charge in [0, 0.05) is 29.0 Å². The van der Waals surface area contributed by atoms with E-state index in [0.717, 1.165) is 54.5 Å². The number of hydrogen-bond acceptors (Lipinski definition) is 7. The van der Waals surface area contributed by atoms with E-state index in [-0.39, 0.29) is 29.8 Å². The molecule has 48 heavy (non-hydrogen) atoms. The number of rotatable bonds is 10. The van der Waals surface area contributed by atoms with Crippen LogP contribution in [0.15, 0.2) is 87.3 Å². The normalized spacial score (nSPS) is 18.5. The van der Waals surface area contributed by atoms with E-state index in [9.17, 15) is 25.9 Å². The Morgan fingerprint density at radius 1 is 0.958 bits per heavy atom.